The SMILES string of the molecule is O=C(N[C@@H]1CCOc2ccccc21)c1ccc(Cn2ccccc2=O)o1. The Morgan fingerprint density at radius 3 is 2.85 bits per heavy atom. The third kappa shape index (κ3) is 3.26. The minimum absolute atomic E-state index is 0.113. The normalized spacial score (nSPS) is 15.8. The topological polar surface area (TPSA) is 73.5 Å². The molecule has 0 unspecified atom stereocenters. The molecule has 3 aromatic rings. The van der Waals surface area contributed by atoms with Gasteiger partial charge < -0.3 is 19.0 Å². The molecule has 1 aliphatic rings. The Labute approximate surface area is 150 Å². The lowest BCUT2D eigenvalue weighted by atomic mass is 10.0. The van der Waals surface area contributed by atoms with Crippen molar-refractivity contribution in [1.29, 1.82) is 0 Å². The second kappa shape index (κ2) is 6.92. The Balaban J connectivity index is 1.48. The van der Waals surface area contributed by atoms with E-state index in [-0.39, 0.29) is 29.8 Å². The summed E-state index contributed by atoms with van der Waals surface area (Å²) < 4.78 is 12.8. The molecule has 0 spiro atoms. The van der Waals surface area contributed by atoms with Crippen LogP contribution in [-0.4, -0.2) is 17.1 Å². The number of furan rings is 1. The van der Waals surface area contributed by atoms with Crippen LogP contribution in [0.2, 0.25) is 0 Å². The van der Waals surface area contributed by atoms with Gasteiger partial charge in [-0.1, -0.05) is 24.3 Å². The number of ether oxygens (including phenoxy) is 1. The summed E-state index contributed by atoms with van der Waals surface area (Å²) in [6.07, 6.45) is 2.39. The van der Waals surface area contributed by atoms with Crippen molar-refractivity contribution in [2.45, 2.75) is 19.0 Å². The van der Waals surface area contributed by atoms with Gasteiger partial charge in [0.25, 0.3) is 11.5 Å². The highest BCUT2D eigenvalue weighted by molar-refractivity contribution is 5.91. The van der Waals surface area contributed by atoms with Gasteiger partial charge in [-0.15, -0.1) is 0 Å². The zero-order valence-electron chi connectivity index (χ0n) is 14.1. The van der Waals surface area contributed by atoms with Crippen molar-refractivity contribution in [3.8, 4) is 5.75 Å². The molecule has 0 fully saturated rings. The summed E-state index contributed by atoms with van der Waals surface area (Å²) in [6.45, 7) is 0.843. The molecule has 0 radical (unpaired) electrons. The quantitative estimate of drug-likeness (QED) is 0.785. The largest absolute Gasteiger partial charge is 0.493 e. The fraction of sp³-hybridized carbons (Fsp3) is 0.200. The van der Waals surface area contributed by atoms with Crippen LogP contribution < -0.4 is 15.6 Å². The molecule has 0 bridgehead atoms. The summed E-state index contributed by atoms with van der Waals surface area (Å²) in [4.78, 5) is 24.3. The third-order valence-corrected chi connectivity index (χ3v) is 4.37. The predicted octanol–water partition coefficient (Wildman–Crippen LogP) is 2.74. The number of rotatable bonds is 4. The zero-order chi connectivity index (χ0) is 17.9. The Kier molecular flexibility index (Phi) is 4.31. The molecule has 1 N–H and O–H groups in total. The van der Waals surface area contributed by atoms with Gasteiger partial charge in [0, 0.05) is 24.2 Å². The van der Waals surface area contributed by atoms with Gasteiger partial charge in [-0.2, -0.15) is 0 Å². The van der Waals surface area contributed by atoms with Gasteiger partial charge >= 0.3 is 0 Å². The van der Waals surface area contributed by atoms with Crippen molar-refractivity contribution in [1.82, 2.24) is 9.88 Å². The number of pyridine rings is 1. The van der Waals surface area contributed by atoms with Crippen molar-refractivity contribution in [3.05, 3.63) is 88.2 Å². The molecule has 0 saturated heterocycles. The van der Waals surface area contributed by atoms with E-state index < -0.39 is 0 Å². The first-order valence-corrected chi connectivity index (χ1v) is 8.47. The van der Waals surface area contributed by atoms with Gasteiger partial charge in [0.2, 0.25) is 0 Å². The zero-order valence-corrected chi connectivity index (χ0v) is 14.1. The molecule has 1 aromatic carbocycles. The van der Waals surface area contributed by atoms with E-state index in [2.05, 4.69) is 5.32 Å². The highest BCUT2D eigenvalue weighted by atomic mass is 16.5. The smallest absolute Gasteiger partial charge is 0.287 e. The summed E-state index contributed by atoms with van der Waals surface area (Å²) in [5, 5.41) is 3.00. The van der Waals surface area contributed by atoms with E-state index in [1.807, 2.05) is 24.3 Å². The van der Waals surface area contributed by atoms with Crippen LogP contribution in [0.5, 0.6) is 5.75 Å². The number of hydrogen-bond acceptors (Lipinski definition) is 4. The Bertz CT molecular complexity index is 989. The molecule has 3 heterocycles. The van der Waals surface area contributed by atoms with E-state index in [1.165, 1.54) is 10.6 Å². The Hall–Kier alpha value is -3.28. The number of amides is 1. The molecular formula is C20H18N2O4. The maximum absolute atomic E-state index is 12.5. The van der Waals surface area contributed by atoms with Gasteiger partial charge in [-0.25, -0.2) is 0 Å². The lowest BCUT2D eigenvalue weighted by Gasteiger charge is -2.26. The number of nitrogens with zero attached hydrogens (tertiary/aromatic N) is 1. The molecule has 1 atom stereocenters. The van der Waals surface area contributed by atoms with Crippen LogP contribution in [0, 0.1) is 0 Å². The fourth-order valence-corrected chi connectivity index (χ4v) is 3.07. The molecule has 6 nitrogen and oxygen atoms in total. The minimum Gasteiger partial charge on any atom is -0.493 e. The lowest BCUT2D eigenvalue weighted by molar-refractivity contribution is 0.0894. The van der Waals surface area contributed by atoms with Crippen molar-refractivity contribution >= 4 is 5.91 Å². The fourth-order valence-electron chi connectivity index (χ4n) is 3.07. The van der Waals surface area contributed by atoms with E-state index in [4.69, 9.17) is 9.15 Å². The van der Waals surface area contributed by atoms with Crippen LogP contribution in [-0.2, 0) is 6.54 Å². The first-order valence-electron chi connectivity index (χ1n) is 8.47. The first-order chi connectivity index (χ1) is 12.7. The summed E-state index contributed by atoms with van der Waals surface area (Å²) in [7, 11) is 0. The average Bonchev–Trinajstić information content (AvgIpc) is 3.13. The van der Waals surface area contributed by atoms with E-state index >= 15 is 0 Å². The second-order valence-corrected chi connectivity index (χ2v) is 6.13. The van der Waals surface area contributed by atoms with E-state index in [0.717, 1.165) is 11.3 Å². The Morgan fingerprint density at radius 2 is 1.96 bits per heavy atom. The standard InChI is InChI=1S/C20H18N2O4/c23-19-7-3-4-11-22(19)13-14-8-9-18(26-14)20(24)21-16-10-12-25-17-6-2-1-5-15(16)17/h1-9,11,16H,10,12-13H2,(H,21,24)/t16-/m1/s1. The summed E-state index contributed by atoms with van der Waals surface area (Å²) in [5.41, 5.74) is 0.850. The third-order valence-electron chi connectivity index (χ3n) is 4.37. The molecule has 2 aromatic heterocycles. The van der Waals surface area contributed by atoms with E-state index in [0.29, 0.717) is 18.8 Å². The van der Waals surface area contributed by atoms with Crippen LogP contribution in [0.4, 0.5) is 0 Å². The monoisotopic (exact) mass is 350 g/mol. The molecule has 4 rings (SSSR count). The number of carbonyl (C=O) groups is 1. The number of hydrogen-bond donors (Lipinski definition) is 1. The minimum atomic E-state index is -0.279. The van der Waals surface area contributed by atoms with Gasteiger partial charge in [0.1, 0.15) is 11.5 Å². The van der Waals surface area contributed by atoms with Crippen LogP contribution in [0.1, 0.15) is 34.3 Å². The van der Waals surface area contributed by atoms with Crippen molar-refractivity contribution in [2.24, 2.45) is 0 Å². The number of fused-ring (bicyclic) bond motifs is 1. The number of para-hydroxylation sites is 1. The highest BCUT2D eigenvalue weighted by Gasteiger charge is 2.24. The number of aromatic nitrogens is 1. The van der Waals surface area contributed by atoms with E-state index in [9.17, 15) is 9.59 Å². The summed E-state index contributed by atoms with van der Waals surface area (Å²) >= 11 is 0. The Morgan fingerprint density at radius 1 is 1.12 bits per heavy atom. The predicted molar refractivity (Wildman–Crippen MR) is 95.3 cm³/mol. The van der Waals surface area contributed by atoms with Crippen molar-refractivity contribution in [2.75, 3.05) is 6.61 Å². The van der Waals surface area contributed by atoms with Gasteiger partial charge in [-0.3, -0.25) is 9.59 Å². The van der Waals surface area contributed by atoms with Crippen LogP contribution in [0.25, 0.3) is 0 Å². The lowest BCUT2D eigenvalue weighted by Crippen LogP contribution is -2.31. The summed E-state index contributed by atoms with van der Waals surface area (Å²) in [6, 6.07) is 15.9. The van der Waals surface area contributed by atoms with Crippen LogP contribution in [0.3, 0.4) is 0 Å². The molecule has 0 aliphatic carbocycles. The highest BCUT2D eigenvalue weighted by Crippen LogP contribution is 2.31. The molecule has 26 heavy (non-hydrogen) atoms. The maximum Gasteiger partial charge on any atom is 0.287 e. The molecule has 1 amide bonds. The average molecular weight is 350 g/mol. The molecule has 6 heteroatoms. The maximum atomic E-state index is 12.5. The summed E-state index contributed by atoms with van der Waals surface area (Å²) in [5.74, 6) is 1.30. The second-order valence-electron chi connectivity index (χ2n) is 6.13. The van der Waals surface area contributed by atoms with Gasteiger partial charge in [0.05, 0.1) is 19.2 Å². The van der Waals surface area contributed by atoms with Crippen LogP contribution in [0.15, 0.2) is 70.0 Å². The first kappa shape index (κ1) is 16.2. The van der Waals surface area contributed by atoms with Gasteiger partial charge in [0.15, 0.2) is 5.76 Å². The number of carbonyl (C=O) groups excluding carboxylic acids is 1. The number of nitrogens with one attached hydrogen (secondary N) is 1. The number of benzene rings is 1. The molecule has 0 saturated carbocycles. The van der Waals surface area contributed by atoms with Crippen molar-refractivity contribution in [3.63, 3.8) is 0 Å². The molecule has 132 valence electrons. The molecule has 1 aliphatic heterocycles. The van der Waals surface area contributed by atoms with E-state index in [1.54, 1.807) is 30.5 Å². The molecular weight excluding hydrogens is 332 g/mol. The van der Waals surface area contributed by atoms with Gasteiger partial charge in [-0.05, 0) is 24.3 Å². The van der Waals surface area contributed by atoms with Crippen molar-refractivity contribution < 1.29 is 13.9 Å². The van der Waals surface area contributed by atoms with Crippen LogP contribution >= 0.6 is 0 Å².